The van der Waals surface area contributed by atoms with Crippen LogP contribution < -0.4 is 5.32 Å². The van der Waals surface area contributed by atoms with Crippen LogP contribution in [0, 0.1) is 5.92 Å². The number of rotatable bonds is 8. The molecule has 8 heteroatoms. The molecule has 0 saturated carbocycles. The van der Waals surface area contributed by atoms with Crippen LogP contribution in [0.3, 0.4) is 0 Å². The summed E-state index contributed by atoms with van der Waals surface area (Å²) in [7, 11) is 0. The van der Waals surface area contributed by atoms with Gasteiger partial charge < -0.3 is 9.84 Å². The fourth-order valence-electron chi connectivity index (χ4n) is 5.05. The van der Waals surface area contributed by atoms with E-state index in [1.54, 1.807) is 0 Å². The minimum Gasteiger partial charge on any atom is -0.352 e. The first-order valence-corrected chi connectivity index (χ1v) is 13.4. The number of hydrogen-bond acceptors (Lipinski definition) is 6. The Bertz CT molecular complexity index is 1120. The van der Waals surface area contributed by atoms with Gasteiger partial charge in [-0.2, -0.15) is 4.98 Å². The molecule has 0 spiro atoms. The molecular weight excluding hydrogens is 474 g/mol. The van der Waals surface area contributed by atoms with E-state index < -0.39 is 0 Å². The quantitative estimate of drug-likeness (QED) is 0.467. The predicted octanol–water partition coefficient (Wildman–Crippen LogP) is 4.90. The van der Waals surface area contributed by atoms with Crippen molar-refractivity contribution in [2.75, 3.05) is 26.2 Å². The van der Waals surface area contributed by atoms with Crippen LogP contribution in [0.25, 0.3) is 11.4 Å². The summed E-state index contributed by atoms with van der Waals surface area (Å²) in [4.78, 5) is 22.1. The summed E-state index contributed by atoms with van der Waals surface area (Å²) in [5, 5.41) is 7.91. The van der Waals surface area contributed by atoms with Crippen molar-refractivity contribution >= 4 is 17.5 Å². The molecule has 0 atom stereocenters. The Balaban J connectivity index is 1.03. The van der Waals surface area contributed by atoms with Gasteiger partial charge in [0.15, 0.2) is 0 Å². The van der Waals surface area contributed by atoms with Crippen LogP contribution in [-0.2, 0) is 24.4 Å². The molecule has 2 saturated heterocycles. The molecule has 3 heterocycles. The van der Waals surface area contributed by atoms with Gasteiger partial charge >= 0.3 is 0 Å². The number of carbonyl (C=O) groups excluding carboxylic acids is 1. The molecule has 1 amide bonds. The summed E-state index contributed by atoms with van der Waals surface area (Å²) >= 11 is 5.95. The van der Waals surface area contributed by atoms with Crippen molar-refractivity contribution in [1.82, 2.24) is 25.3 Å². The van der Waals surface area contributed by atoms with Crippen LogP contribution >= 0.6 is 11.6 Å². The van der Waals surface area contributed by atoms with E-state index in [0.717, 1.165) is 43.6 Å². The average molecular weight is 508 g/mol. The third kappa shape index (κ3) is 6.72. The molecule has 5 rings (SSSR count). The van der Waals surface area contributed by atoms with Crippen LogP contribution in [0.15, 0.2) is 53.1 Å². The third-order valence-corrected chi connectivity index (χ3v) is 7.48. The molecule has 36 heavy (non-hydrogen) atoms. The van der Waals surface area contributed by atoms with Crippen LogP contribution in [-0.4, -0.2) is 52.0 Å². The van der Waals surface area contributed by atoms with Gasteiger partial charge in [0.05, 0.1) is 6.54 Å². The summed E-state index contributed by atoms with van der Waals surface area (Å²) in [5.41, 5.74) is 3.37. The minimum absolute atomic E-state index is 0.0481. The van der Waals surface area contributed by atoms with Crippen molar-refractivity contribution in [2.24, 2.45) is 5.92 Å². The second kappa shape index (κ2) is 12.0. The lowest BCUT2D eigenvalue weighted by molar-refractivity contribution is -0.126. The molecule has 0 aliphatic carbocycles. The number of nitrogens with zero attached hydrogens (tertiary/aromatic N) is 4. The van der Waals surface area contributed by atoms with Gasteiger partial charge in [0.2, 0.25) is 17.6 Å². The highest BCUT2D eigenvalue weighted by molar-refractivity contribution is 6.30. The van der Waals surface area contributed by atoms with Crippen LogP contribution in [0.2, 0.25) is 5.02 Å². The van der Waals surface area contributed by atoms with Crippen LogP contribution in [0.5, 0.6) is 0 Å². The van der Waals surface area contributed by atoms with Gasteiger partial charge in [0.1, 0.15) is 0 Å². The Kier molecular flexibility index (Phi) is 8.31. The maximum Gasteiger partial charge on any atom is 0.241 e. The summed E-state index contributed by atoms with van der Waals surface area (Å²) in [5.74, 6) is 1.35. The van der Waals surface area contributed by atoms with E-state index >= 15 is 0 Å². The number of aromatic nitrogens is 2. The van der Waals surface area contributed by atoms with E-state index in [1.807, 2.05) is 24.3 Å². The number of likely N-dealkylation sites (tertiary alicyclic amines) is 2. The fourth-order valence-corrected chi connectivity index (χ4v) is 5.18. The molecule has 1 N–H and O–H groups in total. The highest BCUT2D eigenvalue weighted by atomic mass is 35.5. The predicted molar refractivity (Wildman–Crippen MR) is 140 cm³/mol. The second-order valence-corrected chi connectivity index (χ2v) is 10.4. The van der Waals surface area contributed by atoms with Crippen molar-refractivity contribution in [3.8, 4) is 11.4 Å². The highest BCUT2D eigenvalue weighted by Gasteiger charge is 2.26. The van der Waals surface area contributed by atoms with E-state index in [0.29, 0.717) is 29.8 Å². The van der Waals surface area contributed by atoms with Gasteiger partial charge in [-0.15, -0.1) is 0 Å². The smallest absolute Gasteiger partial charge is 0.241 e. The highest BCUT2D eigenvalue weighted by Crippen LogP contribution is 2.22. The number of piperidine rings is 2. The topological polar surface area (TPSA) is 74.5 Å². The number of benzene rings is 2. The van der Waals surface area contributed by atoms with Gasteiger partial charge in [-0.05, 0) is 87.3 Å². The summed E-state index contributed by atoms with van der Waals surface area (Å²) < 4.78 is 5.45. The largest absolute Gasteiger partial charge is 0.352 e. The Morgan fingerprint density at radius 2 is 1.56 bits per heavy atom. The van der Waals surface area contributed by atoms with Crippen molar-refractivity contribution in [2.45, 2.75) is 51.7 Å². The molecule has 2 aliphatic rings. The van der Waals surface area contributed by atoms with Crippen molar-refractivity contribution in [3.05, 3.63) is 70.6 Å². The number of carbonyl (C=O) groups is 1. The monoisotopic (exact) mass is 507 g/mol. The lowest BCUT2D eigenvalue weighted by Gasteiger charge is -2.30. The SMILES string of the molecule is O=C(NCc1ccc(CN2CCCCC2)cc1)C1CCN(Cc2nc(-c3ccc(Cl)cc3)no2)CC1. The molecule has 3 aromatic rings. The first-order valence-electron chi connectivity index (χ1n) is 13.0. The maximum atomic E-state index is 12.8. The minimum atomic E-state index is 0.0481. The van der Waals surface area contributed by atoms with Gasteiger partial charge in [-0.3, -0.25) is 14.6 Å². The normalized spacial score (nSPS) is 17.8. The molecule has 0 radical (unpaired) electrons. The maximum absolute atomic E-state index is 12.8. The zero-order valence-electron chi connectivity index (χ0n) is 20.7. The molecule has 2 aromatic carbocycles. The Labute approximate surface area is 217 Å². The zero-order chi connectivity index (χ0) is 24.7. The van der Waals surface area contributed by atoms with Crippen LogP contribution in [0.1, 0.15) is 49.1 Å². The number of hydrogen-bond donors (Lipinski definition) is 1. The van der Waals surface area contributed by atoms with Gasteiger partial charge in [0, 0.05) is 29.6 Å². The molecule has 1 aromatic heterocycles. The lowest BCUT2D eigenvalue weighted by Crippen LogP contribution is -2.40. The fraction of sp³-hybridized carbons (Fsp3) is 0.464. The van der Waals surface area contributed by atoms with Gasteiger partial charge in [-0.25, -0.2) is 0 Å². The van der Waals surface area contributed by atoms with Crippen LogP contribution in [0.4, 0.5) is 0 Å². The Hall–Kier alpha value is -2.74. The Morgan fingerprint density at radius 3 is 2.28 bits per heavy atom. The van der Waals surface area contributed by atoms with Gasteiger partial charge in [-0.1, -0.05) is 47.4 Å². The molecule has 0 unspecified atom stereocenters. The van der Waals surface area contributed by atoms with Gasteiger partial charge in [0.25, 0.3) is 0 Å². The second-order valence-electron chi connectivity index (χ2n) is 9.94. The molecule has 2 fully saturated rings. The lowest BCUT2D eigenvalue weighted by atomic mass is 9.96. The average Bonchev–Trinajstić information content (AvgIpc) is 3.38. The van der Waals surface area contributed by atoms with E-state index in [2.05, 4.69) is 49.5 Å². The standard InChI is InChI=1S/C28H34ClN5O2/c29-25-10-8-23(9-11-25)27-31-26(36-32-27)20-34-16-12-24(13-17-34)28(35)30-18-21-4-6-22(7-5-21)19-33-14-2-1-3-15-33/h4-11,24H,1-3,12-20H2,(H,30,35). The molecule has 2 aliphatic heterocycles. The van der Waals surface area contributed by atoms with Crippen molar-refractivity contribution < 1.29 is 9.32 Å². The summed E-state index contributed by atoms with van der Waals surface area (Å²) in [6, 6.07) is 16.1. The van der Waals surface area contributed by atoms with E-state index in [-0.39, 0.29) is 11.8 Å². The molecule has 190 valence electrons. The molecule has 0 bridgehead atoms. The van der Waals surface area contributed by atoms with E-state index in [4.69, 9.17) is 16.1 Å². The third-order valence-electron chi connectivity index (χ3n) is 7.23. The first kappa shape index (κ1) is 24.9. The van der Waals surface area contributed by atoms with Crippen molar-refractivity contribution in [3.63, 3.8) is 0 Å². The van der Waals surface area contributed by atoms with E-state index in [9.17, 15) is 4.79 Å². The summed E-state index contributed by atoms with van der Waals surface area (Å²) in [6.07, 6.45) is 5.65. The molecule has 7 nitrogen and oxygen atoms in total. The number of amides is 1. The Morgan fingerprint density at radius 1 is 0.889 bits per heavy atom. The van der Waals surface area contributed by atoms with Crippen molar-refractivity contribution in [1.29, 1.82) is 0 Å². The zero-order valence-corrected chi connectivity index (χ0v) is 21.4. The molecular formula is C28H34ClN5O2. The number of halogens is 1. The number of nitrogens with one attached hydrogen (secondary N) is 1. The summed E-state index contributed by atoms with van der Waals surface area (Å²) in [6.45, 7) is 6.28. The van der Waals surface area contributed by atoms with E-state index in [1.165, 1.54) is 37.9 Å². The first-order chi connectivity index (χ1) is 17.6.